The Kier molecular flexibility index (Phi) is 4.76. The van der Waals surface area contributed by atoms with Crippen molar-refractivity contribution in [1.82, 2.24) is 4.90 Å². The molecule has 1 aromatic rings. The summed E-state index contributed by atoms with van der Waals surface area (Å²) in [5.41, 5.74) is 1.08. The van der Waals surface area contributed by atoms with Gasteiger partial charge in [-0.05, 0) is 12.0 Å². The number of rotatable bonds is 4. The Bertz CT molecular complexity index is 366. The highest BCUT2D eigenvalue weighted by atomic mass is 32.2. The van der Waals surface area contributed by atoms with Gasteiger partial charge < -0.3 is 5.11 Å². The molecule has 1 fully saturated rings. The van der Waals surface area contributed by atoms with Crippen molar-refractivity contribution in [2.45, 2.75) is 12.5 Å². The van der Waals surface area contributed by atoms with Gasteiger partial charge in [-0.3, -0.25) is 9.69 Å². The molecule has 0 spiro atoms. The van der Waals surface area contributed by atoms with Gasteiger partial charge in [-0.15, -0.1) is 23.5 Å². The molecule has 0 radical (unpaired) electrons. The molecular weight excluding hydrogens is 254 g/mol. The van der Waals surface area contributed by atoms with Crippen LogP contribution < -0.4 is 0 Å². The van der Waals surface area contributed by atoms with Gasteiger partial charge in [0, 0.05) is 16.8 Å². The number of carboxylic acids is 1. The molecule has 1 aromatic carbocycles. The van der Waals surface area contributed by atoms with E-state index in [0.717, 1.165) is 22.4 Å². The molecule has 5 heteroatoms. The maximum absolute atomic E-state index is 11.3. The highest BCUT2D eigenvalue weighted by Gasteiger charge is 2.27. The Morgan fingerprint density at radius 1 is 1.29 bits per heavy atom. The molecule has 0 aromatic heterocycles. The minimum absolute atomic E-state index is 0.405. The summed E-state index contributed by atoms with van der Waals surface area (Å²) in [6.45, 7) is 0. The van der Waals surface area contributed by atoms with Crippen LogP contribution in [0.3, 0.4) is 0 Å². The number of nitrogens with zero attached hydrogens (tertiary/aromatic N) is 1. The fourth-order valence-electron chi connectivity index (χ4n) is 1.80. The number of thioether (sulfide) groups is 2. The Morgan fingerprint density at radius 3 is 2.53 bits per heavy atom. The van der Waals surface area contributed by atoms with Crippen LogP contribution in [0.5, 0.6) is 0 Å². The first-order valence-corrected chi connectivity index (χ1v) is 7.74. The molecule has 1 N–H and O–H groups in total. The molecule has 1 aliphatic heterocycles. The van der Waals surface area contributed by atoms with Gasteiger partial charge in [0.25, 0.3) is 0 Å². The normalized spacial score (nSPS) is 18.8. The number of benzene rings is 1. The van der Waals surface area contributed by atoms with Crippen LogP contribution >= 0.6 is 23.5 Å². The van der Waals surface area contributed by atoms with Crippen molar-refractivity contribution in [2.24, 2.45) is 0 Å². The molecule has 0 aliphatic carbocycles. The summed E-state index contributed by atoms with van der Waals surface area (Å²) in [6, 6.07) is 9.42. The molecule has 1 atom stereocenters. The molecular formula is C12H15NO2S2. The van der Waals surface area contributed by atoms with Crippen LogP contribution in [0.15, 0.2) is 30.3 Å². The number of carboxylic acid groups (broad SMARTS) is 1. The lowest BCUT2D eigenvalue weighted by Crippen LogP contribution is -2.43. The zero-order valence-corrected chi connectivity index (χ0v) is 11.0. The van der Waals surface area contributed by atoms with Crippen LogP contribution in [-0.4, -0.2) is 38.9 Å². The van der Waals surface area contributed by atoms with E-state index in [1.54, 1.807) is 23.5 Å². The second-order valence-corrected chi connectivity index (χ2v) is 6.19. The zero-order chi connectivity index (χ0) is 12.1. The van der Waals surface area contributed by atoms with Crippen molar-refractivity contribution < 1.29 is 9.90 Å². The van der Waals surface area contributed by atoms with E-state index in [2.05, 4.69) is 0 Å². The maximum Gasteiger partial charge on any atom is 0.321 e. The lowest BCUT2D eigenvalue weighted by Gasteiger charge is -2.31. The second kappa shape index (κ2) is 6.33. The van der Waals surface area contributed by atoms with Crippen molar-refractivity contribution in [1.29, 1.82) is 0 Å². The Morgan fingerprint density at radius 2 is 1.94 bits per heavy atom. The lowest BCUT2D eigenvalue weighted by atomic mass is 10.1. The van der Waals surface area contributed by atoms with E-state index in [1.807, 2.05) is 35.2 Å². The van der Waals surface area contributed by atoms with E-state index in [1.165, 1.54) is 0 Å². The first-order valence-electron chi connectivity index (χ1n) is 5.43. The summed E-state index contributed by atoms with van der Waals surface area (Å²) < 4.78 is 0. The van der Waals surface area contributed by atoms with Crippen LogP contribution in [0, 0.1) is 0 Å². The number of aliphatic carboxylic acids is 1. The first-order chi connectivity index (χ1) is 8.27. The SMILES string of the molecule is O=C(O)[C@H](Cc1ccccc1)N1CSCSC1. The fourth-order valence-corrected chi connectivity index (χ4v) is 3.99. The van der Waals surface area contributed by atoms with Gasteiger partial charge in [0.2, 0.25) is 0 Å². The first kappa shape index (κ1) is 12.8. The van der Waals surface area contributed by atoms with E-state index < -0.39 is 12.0 Å². The molecule has 0 unspecified atom stereocenters. The topological polar surface area (TPSA) is 40.5 Å². The van der Waals surface area contributed by atoms with Crippen molar-refractivity contribution >= 4 is 29.5 Å². The third-order valence-corrected chi connectivity index (χ3v) is 5.04. The van der Waals surface area contributed by atoms with Crippen molar-refractivity contribution in [3.05, 3.63) is 35.9 Å². The van der Waals surface area contributed by atoms with Crippen molar-refractivity contribution in [3.63, 3.8) is 0 Å². The molecule has 17 heavy (non-hydrogen) atoms. The van der Waals surface area contributed by atoms with Gasteiger partial charge in [0.15, 0.2) is 0 Å². The molecule has 0 amide bonds. The Hall–Kier alpha value is -0.650. The van der Waals surface area contributed by atoms with Crippen LogP contribution in [0.4, 0.5) is 0 Å². The van der Waals surface area contributed by atoms with E-state index in [0.29, 0.717) is 6.42 Å². The van der Waals surface area contributed by atoms with Crippen LogP contribution in [0.25, 0.3) is 0 Å². The van der Waals surface area contributed by atoms with E-state index in [4.69, 9.17) is 0 Å². The molecule has 3 nitrogen and oxygen atoms in total. The minimum atomic E-state index is -0.725. The number of hydrogen-bond acceptors (Lipinski definition) is 4. The monoisotopic (exact) mass is 269 g/mol. The zero-order valence-electron chi connectivity index (χ0n) is 9.41. The predicted molar refractivity (Wildman–Crippen MR) is 73.2 cm³/mol. The summed E-state index contributed by atoms with van der Waals surface area (Å²) in [6.07, 6.45) is 0.581. The smallest absolute Gasteiger partial charge is 0.321 e. The Balaban J connectivity index is 2.04. The highest BCUT2D eigenvalue weighted by Crippen LogP contribution is 2.24. The van der Waals surface area contributed by atoms with Crippen molar-refractivity contribution in [2.75, 3.05) is 16.8 Å². The Labute approximate surface area is 110 Å². The average molecular weight is 269 g/mol. The molecule has 1 saturated heterocycles. The summed E-state index contributed by atoms with van der Waals surface area (Å²) in [5.74, 6) is 0.907. The quantitative estimate of drug-likeness (QED) is 0.908. The van der Waals surface area contributed by atoms with E-state index in [9.17, 15) is 9.90 Å². The van der Waals surface area contributed by atoms with Crippen LogP contribution in [-0.2, 0) is 11.2 Å². The summed E-state index contributed by atoms with van der Waals surface area (Å²) >= 11 is 3.57. The molecule has 0 bridgehead atoms. The van der Waals surface area contributed by atoms with Gasteiger partial charge in [0.05, 0.1) is 0 Å². The lowest BCUT2D eigenvalue weighted by molar-refractivity contribution is -0.142. The van der Waals surface area contributed by atoms with Gasteiger partial charge in [-0.1, -0.05) is 30.3 Å². The maximum atomic E-state index is 11.3. The summed E-state index contributed by atoms with van der Waals surface area (Å²) in [4.78, 5) is 13.4. The predicted octanol–water partition coefficient (Wildman–Crippen LogP) is 2.34. The third-order valence-electron chi connectivity index (χ3n) is 2.68. The largest absolute Gasteiger partial charge is 0.480 e. The van der Waals surface area contributed by atoms with E-state index in [-0.39, 0.29) is 0 Å². The minimum Gasteiger partial charge on any atom is -0.480 e. The van der Waals surface area contributed by atoms with E-state index >= 15 is 0 Å². The van der Waals surface area contributed by atoms with Crippen LogP contribution in [0.1, 0.15) is 5.56 Å². The number of hydrogen-bond donors (Lipinski definition) is 1. The highest BCUT2D eigenvalue weighted by molar-refractivity contribution is 8.16. The molecule has 1 aliphatic rings. The molecule has 92 valence electrons. The van der Waals surface area contributed by atoms with Gasteiger partial charge in [0.1, 0.15) is 6.04 Å². The van der Waals surface area contributed by atoms with Gasteiger partial charge in [-0.2, -0.15) is 0 Å². The number of carbonyl (C=O) groups is 1. The fraction of sp³-hybridized carbons (Fsp3) is 0.417. The standard InChI is InChI=1S/C12H15NO2S2/c14-12(15)11(13-7-16-9-17-8-13)6-10-4-2-1-3-5-10/h1-5,11H,6-9H2,(H,14,15)/t11-/m0/s1. The average Bonchev–Trinajstić information content (AvgIpc) is 2.38. The van der Waals surface area contributed by atoms with Crippen LogP contribution in [0.2, 0.25) is 0 Å². The molecule has 2 rings (SSSR count). The van der Waals surface area contributed by atoms with Gasteiger partial charge >= 0.3 is 5.97 Å². The molecule has 0 saturated carbocycles. The molecule has 1 heterocycles. The van der Waals surface area contributed by atoms with Gasteiger partial charge in [-0.25, -0.2) is 0 Å². The summed E-state index contributed by atoms with van der Waals surface area (Å²) in [5, 5.41) is 10.4. The third kappa shape index (κ3) is 3.66. The van der Waals surface area contributed by atoms with Crippen molar-refractivity contribution in [3.8, 4) is 0 Å². The second-order valence-electron chi connectivity index (χ2n) is 3.92. The summed E-state index contributed by atoms with van der Waals surface area (Å²) in [7, 11) is 0.